The lowest BCUT2D eigenvalue weighted by Crippen LogP contribution is -2.23. The van der Waals surface area contributed by atoms with Gasteiger partial charge in [0.2, 0.25) is 0 Å². The van der Waals surface area contributed by atoms with Crippen molar-refractivity contribution < 1.29 is 13.6 Å². The number of nitrogens with zero attached hydrogens (tertiary/aromatic N) is 2. The fourth-order valence-electron chi connectivity index (χ4n) is 2.43. The van der Waals surface area contributed by atoms with Crippen LogP contribution < -0.4 is 5.32 Å². The van der Waals surface area contributed by atoms with Crippen molar-refractivity contribution in [3.05, 3.63) is 72.6 Å². The Morgan fingerprint density at radius 3 is 2.64 bits per heavy atom. The molecule has 4 aromatic rings. The summed E-state index contributed by atoms with van der Waals surface area (Å²) >= 11 is 0. The predicted molar refractivity (Wildman–Crippen MR) is 89.4 cm³/mol. The molecule has 4 rings (SSSR count). The van der Waals surface area contributed by atoms with Crippen molar-refractivity contribution in [2.45, 2.75) is 6.54 Å². The lowest BCUT2D eigenvalue weighted by molar-refractivity contribution is 0.0946. The summed E-state index contributed by atoms with van der Waals surface area (Å²) in [6.07, 6.45) is 6.59. The van der Waals surface area contributed by atoms with Crippen molar-refractivity contribution in [2.24, 2.45) is 0 Å². The van der Waals surface area contributed by atoms with Crippen molar-refractivity contribution in [1.29, 1.82) is 0 Å². The van der Waals surface area contributed by atoms with Crippen LogP contribution in [0.3, 0.4) is 0 Å². The third kappa shape index (κ3) is 3.20. The highest BCUT2D eigenvalue weighted by molar-refractivity contribution is 5.93. The van der Waals surface area contributed by atoms with Gasteiger partial charge in [-0.15, -0.1) is 0 Å². The summed E-state index contributed by atoms with van der Waals surface area (Å²) in [4.78, 5) is 16.4. The molecule has 0 spiro atoms. The Bertz CT molecular complexity index is 972. The molecule has 0 bridgehead atoms. The number of hydrogen-bond donors (Lipinski definition) is 2. The van der Waals surface area contributed by atoms with Gasteiger partial charge in [-0.3, -0.25) is 14.9 Å². The Balaban J connectivity index is 1.43. The largest absolute Gasteiger partial charge is 0.464 e. The van der Waals surface area contributed by atoms with Crippen molar-refractivity contribution in [3.63, 3.8) is 0 Å². The second kappa shape index (κ2) is 6.48. The number of aromatic nitrogens is 3. The molecule has 25 heavy (non-hydrogen) atoms. The monoisotopic (exact) mass is 334 g/mol. The zero-order chi connectivity index (χ0) is 17.1. The van der Waals surface area contributed by atoms with Crippen LogP contribution in [-0.2, 0) is 6.54 Å². The molecule has 4 heterocycles. The van der Waals surface area contributed by atoms with Crippen LogP contribution in [0.2, 0.25) is 0 Å². The van der Waals surface area contributed by atoms with Crippen LogP contribution >= 0.6 is 0 Å². The molecule has 4 aromatic heterocycles. The molecule has 0 aromatic carbocycles. The Kier molecular flexibility index (Phi) is 3.88. The third-order valence-electron chi connectivity index (χ3n) is 3.65. The van der Waals surface area contributed by atoms with E-state index in [9.17, 15) is 4.79 Å². The molecule has 1 amide bonds. The highest BCUT2D eigenvalue weighted by atomic mass is 16.3. The number of nitrogens with one attached hydrogen (secondary N) is 2. The second-order valence-electron chi connectivity index (χ2n) is 5.39. The number of carbonyl (C=O) groups excluding carboxylic acids is 1. The van der Waals surface area contributed by atoms with Gasteiger partial charge in [0.05, 0.1) is 12.5 Å². The van der Waals surface area contributed by atoms with E-state index in [0.717, 1.165) is 16.9 Å². The van der Waals surface area contributed by atoms with Gasteiger partial charge in [0.25, 0.3) is 5.91 Å². The summed E-state index contributed by atoms with van der Waals surface area (Å²) < 4.78 is 10.6. The van der Waals surface area contributed by atoms with Crippen molar-refractivity contribution in [1.82, 2.24) is 20.5 Å². The van der Waals surface area contributed by atoms with Gasteiger partial charge < -0.3 is 14.2 Å². The number of furan rings is 2. The molecule has 124 valence electrons. The summed E-state index contributed by atoms with van der Waals surface area (Å²) in [5, 5.41) is 9.62. The van der Waals surface area contributed by atoms with Crippen LogP contribution in [0.25, 0.3) is 22.8 Å². The number of carbonyl (C=O) groups is 1. The molecule has 0 aliphatic heterocycles. The van der Waals surface area contributed by atoms with Crippen LogP contribution in [0, 0.1) is 0 Å². The van der Waals surface area contributed by atoms with Gasteiger partial charge in [-0.05, 0) is 35.9 Å². The minimum Gasteiger partial charge on any atom is -0.464 e. The van der Waals surface area contributed by atoms with Gasteiger partial charge in [-0.1, -0.05) is 0 Å². The molecule has 0 aliphatic rings. The van der Waals surface area contributed by atoms with E-state index in [1.165, 1.54) is 0 Å². The van der Waals surface area contributed by atoms with Crippen molar-refractivity contribution in [2.75, 3.05) is 0 Å². The fraction of sp³-hybridized carbons (Fsp3) is 0.0556. The Morgan fingerprint density at radius 1 is 1.08 bits per heavy atom. The molecule has 7 nitrogen and oxygen atoms in total. The highest BCUT2D eigenvalue weighted by Gasteiger charge is 2.12. The Hall–Kier alpha value is -3.61. The van der Waals surface area contributed by atoms with Gasteiger partial charge in [0, 0.05) is 30.6 Å². The zero-order valence-corrected chi connectivity index (χ0v) is 13.1. The topological polar surface area (TPSA) is 97.0 Å². The van der Waals surface area contributed by atoms with Crippen molar-refractivity contribution in [3.8, 4) is 22.8 Å². The number of amides is 1. The molecule has 0 unspecified atom stereocenters. The van der Waals surface area contributed by atoms with Crippen LogP contribution in [0.5, 0.6) is 0 Å². The van der Waals surface area contributed by atoms with Crippen LogP contribution in [0.15, 0.2) is 70.2 Å². The minimum atomic E-state index is -0.280. The van der Waals surface area contributed by atoms with Gasteiger partial charge in [-0.25, -0.2) is 0 Å². The van der Waals surface area contributed by atoms with Crippen LogP contribution in [-0.4, -0.2) is 21.1 Å². The molecule has 7 heteroatoms. The molecule has 0 radical (unpaired) electrons. The van der Waals surface area contributed by atoms with Crippen molar-refractivity contribution >= 4 is 5.91 Å². The first-order valence-electron chi connectivity index (χ1n) is 7.65. The lowest BCUT2D eigenvalue weighted by Gasteiger charge is -2.04. The zero-order valence-electron chi connectivity index (χ0n) is 13.1. The normalized spacial score (nSPS) is 10.7. The Labute approximate surface area is 142 Å². The van der Waals surface area contributed by atoms with Gasteiger partial charge in [0.15, 0.2) is 11.5 Å². The summed E-state index contributed by atoms with van der Waals surface area (Å²) in [6, 6.07) is 10.8. The van der Waals surface area contributed by atoms with Gasteiger partial charge in [-0.2, -0.15) is 5.10 Å². The minimum absolute atomic E-state index is 0.280. The maximum atomic E-state index is 12.3. The Morgan fingerprint density at radius 2 is 1.88 bits per heavy atom. The molecule has 0 saturated carbocycles. The second-order valence-corrected chi connectivity index (χ2v) is 5.39. The first-order valence-corrected chi connectivity index (χ1v) is 7.65. The smallest absolute Gasteiger partial charge is 0.272 e. The standard InChI is InChI=1S/C18H14N4O3/c23-18(15-8-14(21-22-15)17-4-2-6-25-17)20-10-12-7-13(11-19-9-12)16-3-1-5-24-16/h1-9,11H,10H2,(H,20,23)(H,21,22). The van der Waals surface area contributed by atoms with Crippen LogP contribution in [0.4, 0.5) is 0 Å². The fourth-order valence-corrected chi connectivity index (χ4v) is 2.43. The molecular formula is C18H14N4O3. The van der Waals surface area contributed by atoms with E-state index in [1.807, 2.05) is 18.2 Å². The predicted octanol–water partition coefficient (Wildman–Crippen LogP) is 3.25. The lowest BCUT2D eigenvalue weighted by atomic mass is 10.1. The summed E-state index contributed by atoms with van der Waals surface area (Å²) in [6.45, 7) is 0.337. The summed E-state index contributed by atoms with van der Waals surface area (Å²) in [7, 11) is 0. The quantitative estimate of drug-likeness (QED) is 0.584. The van der Waals surface area contributed by atoms with E-state index in [0.29, 0.717) is 23.7 Å². The van der Waals surface area contributed by atoms with Gasteiger partial charge >= 0.3 is 0 Å². The maximum Gasteiger partial charge on any atom is 0.272 e. The molecule has 0 fully saturated rings. The molecular weight excluding hydrogens is 320 g/mol. The van der Waals surface area contributed by atoms with E-state index in [-0.39, 0.29) is 5.91 Å². The molecule has 0 atom stereocenters. The average Bonchev–Trinajstić information content (AvgIpc) is 3.41. The molecule has 0 aliphatic carbocycles. The third-order valence-corrected chi connectivity index (χ3v) is 3.65. The summed E-state index contributed by atoms with van der Waals surface area (Å²) in [5.74, 6) is 1.08. The van der Waals surface area contributed by atoms with E-state index in [1.54, 1.807) is 43.1 Å². The molecule has 0 saturated heterocycles. The number of aromatic amines is 1. The number of hydrogen-bond acceptors (Lipinski definition) is 5. The first-order chi connectivity index (χ1) is 12.3. The van der Waals surface area contributed by atoms with E-state index in [4.69, 9.17) is 8.83 Å². The average molecular weight is 334 g/mol. The first kappa shape index (κ1) is 14.9. The van der Waals surface area contributed by atoms with E-state index in [2.05, 4.69) is 20.5 Å². The van der Waals surface area contributed by atoms with E-state index < -0.39 is 0 Å². The number of H-pyrrole nitrogens is 1. The number of rotatable bonds is 5. The molecule has 2 N–H and O–H groups in total. The van der Waals surface area contributed by atoms with Crippen LogP contribution in [0.1, 0.15) is 16.1 Å². The van der Waals surface area contributed by atoms with Gasteiger partial charge in [0.1, 0.15) is 11.5 Å². The summed E-state index contributed by atoms with van der Waals surface area (Å²) in [5.41, 5.74) is 2.67. The SMILES string of the molecule is O=C(NCc1cncc(-c2ccco2)c1)c1cc(-c2ccco2)[nH]n1. The maximum absolute atomic E-state index is 12.3. The highest BCUT2D eigenvalue weighted by Crippen LogP contribution is 2.20. The number of pyridine rings is 1. The van der Waals surface area contributed by atoms with E-state index >= 15 is 0 Å².